The summed E-state index contributed by atoms with van der Waals surface area (Å²) >= 11 is 2.91. The largest absolute Gasteiger partial charge is 0.268 e. The number of nitriles is 1. The van der Waals surface area contributed by atoms with Gasteiger partial charge in [0.05, 0.1) is 16.1 Å². The van der Waals surface area contributed by atoms with Crippen LogP contribution in [0.5, 0.6) is 0 Å². The molecule has 2 aromatic heterocycles. The second kappa shape index (κ2) is 10.7. The first-order chi connectivity index (χ1) is 19.8. The fourth-order valence-electron chi connectivity index (χ4n) is 5.08. The van der Waals surface area contributed by atoms with E-state index >= 15 is 0 Å². The van der Waals surface area contributed by atoms with Crippen molar-refractivity contribution in [3.05, 3.63) is 119 Å². The van der Waals surface area contributed by atoms with E-state index in [4.69, 9.17) is 0 Å². The first-order valence-corrected chi connectivity index (χ1v) is 16.3. The highest BCUT2D eigenvalue weighted by atomic mass is 32.2. The quantitative estimate of drug-likeness (QED) is 0.181. The SMILES string of the molecule is CSc1cccc(-c2cccc(-c3c(-c4ccsc4C#N)c4cc(F)ccc4n3S(=O)(=O)c3ccc(C)cc3)c2)c1. The molecule has 0 radical (unpaired) electrons. The number of aryl methyl sites for hydroxylation is 1. The maximum atomic E-state index is 14.8. The van der Waals surface area contributed by atoms with Crippen LogP contribution in [0.15, 0.2) is 112 Å². The van der Waals surface area contributed by atoms with Crippen LogP contribution in [-0.4, -0.2) is 18.6 Å². The molecule has 4 aromatic carbocycles. The number of thiophene rings is 1. The van der Waals surface area contributed by atoms with Gasteiger partial charge in [-0.15, -0.1) is 23.1 Å². The molecule has 6 aromatic rings. The van der Waals surface area contributed by atoms with E-state index in [-0.39, 0.29) is 4.90 Å². The van der Waals surface area contributed by atoms with E-state index in [1.165, 1.54) is 33.5 Å². The standard InChI is InChI=1S/C33H23FN2O2S3/c1-21-9-12-27(13-10-21)41(37,38)36-30-14-11-25(34)19-29(30)32(28-15-16-40-31(28)20-35)33(36)24-7-3-5-22(17-24)23-6-4-8-26(18-23)39-2/h3-19H,1-2H3. The monoisotopic (exact) mass is 594 g/mol. The summed E-state index contributed by atoms with van der Waals surface area (Å²) < 4.78 is 44.9. The highest BCUT2D eigenvalue weighted by Crippen LogP contribution is 2.45. The predicted molar refractivity (Wildman–Crippen MR) is 166 cm³/mol. The van der Waals surface area contributed by atoms with E-state index in [0.29, 0.717) is 38.2 Å². The zero-order valence-electron chi connectivity index (χ0n) is 22.1. The van der Waals surface area contributed by atoms with E-state index < -0.39 is 15.8 Å². The number of thioether (sulfide) groups is 1. The summed E-state index contributed by atoms with van der Waals surface area (Å²) in [6, 6.07) is 30.6. The molecule has 41 heavy (non-hydrogen) atoms. The molecular formula is C33H23FN2O2S3. The van der Waals surface area contributed by atoms with E-state index in [2.05, 4.69) is 12.1 Å². The van der Waals surface area contributed by atoms with Crippen LogP contribution in [-0.2, 0) is 10.0 Å². The van der Waals surface area contributed by atoms with Crippen LogP contribution in [0.1, 0.15) is 10.4 Å². The minimum absolute atomic E-state index is 0.117. The predicted octanol–water partition coefficient (Wildman–Crippen LogP) is 8.98. The molecule has 8 heteroatoms. The second-order valence-corrected chi connectivity index (χ2v) is 13.1. The van der Waals surface area contributed by atoms with Gasteiger partial charge in [-0.1, -0.05) is 48.0 Å². The smallest absolute Gasteiger partial charge is 0.233 e. The highest BCUT2D eigenvalue weighted by molar-refractivity contribution is 7.98. The summed E-state index contributed by atoms with van der Waals surface area (Å²) in [5.41, 5.74) is 5.25. The summed E-state index contributed by atoms with van der Waals surface area (Å²) in [5.74, 6) is -0.494. The minimum atomic E-state index is -4.14. The summed E-state index contributed by atoms with van der Waals surface area (Å²) in [4.78, 5) is 1.65. The molecule has 0 saturated carbocycles. The van der Waals surface area contributed by atoms with Gasteiger partial charge in [0.15, 0.2) is 0 Å². The number of benzene rings is 4. The lowest BCUT2D eigenvalue weighted by atomic mass is 9.96. The maximum absolute atomic E-state index is 14.8. The molecule has 0 fully saturated rings. The molecule has 202 valence electrons. The van der Waals surface area contributed by atoms with Gasteiger partial charge in [0, 0.05) is 27.0 Å². The maximum Gasteiger partial charge on any atom is 0.268 e. The van der Waals surface area contributed by atoms with Crippen LogP contribution >= 0.6 is 23.1 Å². The molecule has 0 amide bonds. The molecule has 6 rings (SSSR count). The number of aromatic nitrogens is 1. The zero-order chi connectivity index (χ0) is 28.7. The Morgan fingerprint density at radius 3 is 2.32 bits per heavy atom. The van der Waals surface area contributed by atoms with Crippen molar-refractivity contribution in [3.63, 3.8) is 0 Å². The van der Waals surface area contributed by atoms with Crippen molar-refractivity contribution < 1.29 is 12.8 Å². The Balaban J connectivity index is 1.74. The molecule has 0 atom stereocenters. The summed E-state index contributed by atoms with van der Waals surface area (Å²) in [5, 5.41) is 12.1. The van der Waals surface area contributed by atoms with Gasteiger partial charge in [0.1, 0.15) is 16.8 Å². The lowest BCUT2D eigenvalue weighted by molar-refractivity contribution is 0.589. The van der Waals surface area contributed by atoms with Gasteiger partial charge < -0.3 is 0 Å². The Hall–Kier alpha value is -4.16. The van der Waals surface area contributed by atoms with Crippen molar-refractivity contribution >= 4 is 44.0 Å². The van der Waals surface area contributed by atoms with Crippen LogP contribution in [0.25, 0.3) is 44.4 Å². The summed E-state index contributed by atoms with van der Waals surface area (Å²) in [6.07, 6.45) is 2.02. The van der Waals surface area contributed by atoms with Crippen LogP contribution in [0.4, 0.5) is 4.39 Å². The van der Waals surface area contributed by atoms with Gasteiger partial charge >= 0.3 is 0 Å². The molecule has 0 aliphatic rings. The third kappa shape index (κ3) is 4.76. The number of hydrogen-bond donors (Lipinski definition) is 0. The van der Waals surface area contributed by atoms with Crippen molar-refractivity contribution in [3.8, 4) is 39.6 Å². The second-order valence-electron chi connectivity index (χ2n) is 9.56. The summed E-state index contributed by atoms with van der Waals surface area (Å²) in [7, 11) is -4.14. The van der Waals surface area contributed by atoms with Crippen molar-refractivity contribution in [2.75, 3.05) is 6.26 Å². The number of hydrogen-bond acceptors (Lipinski definition) is 5. The van der Waals surface area contributed by atoms with E-state index in [1.807, 2.05) is 55.6 Å². The van der Waals surface area contributed by atoms with Gasteiger partial charge in [0.2, 0.25) is 0 Å². The van der Waals surface area contributed by atoms with Gasteiger partial charge in [-0.2, -0.15) is 5.26 Å². The Morgan fingerprint density at radius 2 is 1.59 bits per heavy atom. The molecule has 0 unspecified atom stereocenters. The summed E-state index contributed by atoms with van der Waals surface area (Å²) in [6.45, 7) is 1.89. The van der Waals surface area contributed by atoms with Crippen LogP contribution in [0, 0.1) is 24.1 Å². The van der Waals surface area contributed by atoms with Gasteiger partial charge in [0.25, 0.3) is 10.0 Å². The number of fused-ring (bicyclic) bond motifs is 1. The van der Waals surface area contributed by atoms with Crippen LogP contribution < -0.4 is 0 Å². The zero-order valence-corrected chi connectivity index (χ0v) is 24.6. The van der Waals surface area contributed by atoms with Crippen LogP contribution in [0.3, 0.4) is 0 Å². The fourth-order valence-corrected chi connectivity index (χ4v) is 7.77. The van der Waals surface area contributed by atoms with Crippen molar-refractivity contribution in [1.29, 1.82) is 5.26 Å². The molecule has 0 aliphatic heterocycles. The minimum Gasteiger partial charge on any atom is -0.233 e. The number of nitrogens with zero attached hydrogens (tertiary/aromatic N) is 2. The molecule has 0 spiro atoms. The lowest BCUT2D eigenvalue weighted by Gasteiger charge is -2.15. The third-order valence-corrected chi connectivity index (χ3v) is 10.3. The van der Waals surface area contributed by atoms with E-state index in [9.17, 15) is 18.1 Å². The van der Waals surface area contributed by atoms with Crippen LogP contribution in [0.2, 0.25) is 0 Å². The van der Waals surface area contributed by atoms with Gasteiger partial charge in [-0.05, 0) is 84.3 Å². The molecule has 0 saturated heterocycles. The van der Waals surface area contributed by atoms with Crippen molar-refractivity contribution in [2.24, 2.45) is 0 Å². The first-order valence-electron chi connectivity index (χ1n) is 12.7. The first kappa shape index (κ1) is 27.0. The van der Waals surface area contributed by atoms with Crippen molar-refractivity contribution in [2.45, 2.75) is 16.7 Å². The Kier molecular flexibility index (Phi) is 7.04. The van der Waals surface area contributed by atoms with Gasteiger partial charge in [-0.25, -0.2) is 16.8 Å². The Morgan fingerprint density at radius 1 is 0.878 bits per heavy atom. The molecule has 4 nitrogen and oxygen atoms in total. The average Bonchev–Trinajstić information content (AvgIpc) is 3.59. The Bertz CT molecular complexity index is 2090. The number of halogens is 1. The molecule has 0 aliphatic carbocycles. The molecule has 0 bridgehead atoms. The van der Waals surface area contributed by atoms with E-state index in [1.54, 1.807) is 47.5 Å². The fraction of sp³-hybridized carbons (Fsp3) is 0.0606. The lowest BCUT2D eigenvalue weighted by Crippen LogP contribution is -2.14. The van der Waals surface area contributed by atoms with Gasteiger partial charge in [-0.3, -0.25) is 0 Å². The third-order valence-electron chi connectivity index (χ3n) is 7.02. The Labute approximate surface area is 246 Å². The normalized spacial score (nSPS) is 11.6. The molecule has 2 heterocycles. The van der Waals surface area contributed by atoms with E-state index in [0.717, 1.165) is 21.6 Å². The average molecular weight is 595 g/mol. The topological polar surface area (TPSA) is 62.9 Å². The number of rotatable bonds is 6. The van der Waals surface area contributed by atoms with Crippen molar-refractivity contribution in [1.82, 2.24) is 3.97 Å². The highest BCUT2D eigenvalue weighted by Gasteiger charge is 2.30. The molecule has 0 N–H and O–H groups in total. The molecular weight excluding hydrogens is 572 g/mol.